The first-order chi connectivity index (χ1) is 17.3. The van der Waals surface area contributed by atoms with Crippen LogP contribution in [0.4, 0.5) is 11.8 Å². The number of nitrogens with zero attached hydrogens (tertiary/aromatic N) is 6. The molecule has 5 heterocycles. The summed E-state index contributed by atoms with van der Waals surface area (Å²) >= 11 is 0. The zero-order valence-corrected chi connectivity index (χ0v) is 19.5. The molecule has 1 saturated carbocycles. The van der Waals surface area contributed by atoms with Crippen LogP contribution in [-0.4, -0.2) is 67.5 Å². The molecule has 1 saturated heterocycles. The molecule has 4 aromatic heterocycles. The van der Waals surface area contributed by atoms with Gasteiger partial charge >= 0.3 is 0 Å². The monoisotopic (exact) mass is 479 g/mol. The molecule has 2 fully saturated rings. The Morgan fingerprint density at radius 2 is 1.83 bits per heavy atom. The topological polar surface area (TPSA) is 138 Å². The van der Waals surface area contributed by atoms with Crippen molar-refractivity contribution < 1.29 is 7.59 Å². The normalized spacial score (nSPS) is 16.5. The maximum Gasteiger partial charge on any atom is 0.258 e. The quantitative estimate of drug-likeness (QED) is 0.402. The zero-order valence-electron chi connectivity index (χ0n) is 19.5. The second kappa shape index (κ2) is 11.0. The fourth-order valence-corrected chi connectivity index (χ4v) is 4.37. The number of H-pyrrole nitrogens is 2. The molecule has 2 aliphatic rings. The molecule has 0 atom stereocenters. The summed E-state index contributed by atoms with van der Waals surface area (Å²) in [7, 11) is 0. The van der Waals surface area contributed by atoms with Crippen LogP contribution >= 0.6 is 0 Å². The number of hydrogen-bond acceptors (Lipinski definition) is 9. The second-order valence-electron chi connectivity index (χ2n) is 8.63. The van der Waals surface area contributed by atoms with Crippen molar-refractivity contribution in [2.24, 2.45) is 0 Å². The van der Waals surface area contributed by atoms with E-state index in [0.29, 0.717) is 36.0 Å². The van der Waals surface area contributed by atoms with Gasteiger partial charge in [-0.2, -0.15) is 5.10 Å². The van der Waals surface area contributed by atoms with Crippen molar-refractivity contribution in [3.05, 3.63) is 53.5 Å². The molecule has 35 heavy (non-hydrogen) atoms. The maximum absolute atomic E-state index is 12.4. The van der Waals surface area contributed by atoms with E-state index >= 15 is 0 Å². The number of rotatable bonds is 4. The zero-order chi connectivity index (χ0) is 23.9. The van der Waals surface area contributed by atoms with E-state index in [1.807, 2.05) is 12.1 Å². The average molecular weight is 480 g/mol. The molecule has 0 bridgehead atoms. The van der Waals surface area contributed by atoms with Crippen molar-refractivity contribution in [3.63, 3.8) is 0 Å². The Balaban J connectivity index is 0.000000219. The van der Waals surface area contributed by atoms with Gasteiger partial charge in [0.1, 0.15) is 12.1 Å². The third kappa shape index (κ3) is 5.80. The van der Waals surface area contributed by atoms with Crippen LogP contribution in [0.5, 0.6) is 0 Å². The van der Waals surface area contributed by atoms with Crippen LogP contribution < -0.4 is 15.8 Å². The number of morpholine rings is 1. The molecular formula is C24H33N9O2. The lowest BCUT2D eigenvalue weighted by molar-refractivity contribution is 0.122. The molecule has 11 nitrogen and oxygen atoms in total. The van der Waals surface area contributed by atoms with E-state index in [1.54, 1.807) is 24.7 Å². The third-order valence-corrected chi connectivity index (χ3v) is 6.22. The van der Waals surface area contributed by atoms with Crippen LogP contribution in [-0.2, 0) is 4.74 Å². The molecule has 0 radical (unpaired) electrons. The molecule has 0 spiro atoms. The fraction of sp³-hybridized carbons (Fsp3) is 0.417. The van der Waals surface area contributed by atoms with Gasteiger partial charge in [0.15, 0.2) is 5.82 Å². The highest BCUT2D eigenvalue weighted by Crippen LogP contribution is 2.21. The molecule has 3 N–H and O–H groups in total. The summed E-state index contributed by atoms with van der Waals surface area (Å²) in [5.41, 5.74) is 1.23. The number of nitrogens with one attached hydrogen (secondary N) is 3. The van der Waals surface area contributed by atoms with Gasteiger partial charge in [-0.1, -0.05) is 19.3 Å². The smallest absolute Gasteiger partial charge is 0.258 e. The Bertz CT molecular complexity index is 1280. The first-order valence-electron chi connectivity index (χ1n) is 12.0. The molecule has 0 aromatic carbocycles. The average Bonchev–Trinajstić information content (AvgIpc) is 3.46. The number of hydrogen-bond donors (Lipinski definition) is 3. The molecule has 186 valence electrons. The molecular weight excluding hydrogens is 446 g/mol. The SMILES string of the molecule is O=c1[nH]c(N2CCOCC2)cc2ncc(-c3ncn[nH]3)cc12.[HH].[HH].c1cnc(NC2CCCCC2)nc1. The van der Waals surface area contributed by atoms with Crippen molar-refractivity contribution in [1.82, 2.24) is 35.1 Å². The number of aromatic amines is 2. The molecule has 0 unspecified atom stereocenters. The lowest BCUT2D eigenvalue weighted by Gasteiger charge is -2.28. The summed E-state index contributed by atoms with van der Waals surface area (Å²) in [4.78, 5) is 34.1. The van der Waals surface area contributed by atoms with Crippen LogP contribution in [0.3, 0.4) is 0 Å². The van der Waals surface area contributed by atoms with Crippen molar-refractivity contribution in [1.29, 1.82) is 0 Å². The molecule has 6 rings (SSSR count). The Hall–Kier alpha value is -3.86. The minimum Gasteiger partial charge on any atom is -0.378 e. The number of pyridine rings is 2. The van der Waals surface area contributed by atoms with Crippen LogP contribution in [0.2, 0.25) is 0 Å². The van der Waals surface area contributed by atoms with Gasteiger partial charge < -0.3 is 19.9 Å². The molecule has 1 aliphatic heterocycles. The van der Waals surface area contributed by atoms with Crippen molar-refractivity contribution in [3.8, 4) is 11.4 Å². The van der Waals surface area contributed by atoms with Crippen LogP contribution in [0, 0.1) is 0 Å². The number of ether oxygens (including phenoxy) is 1. The van der Waals surface area contributed by atoms with Gasteiger partial charge in [0.25, 0.3) is 5.56 Å². The second-order valence-corrected chi connectivity index (χ2v) is 8.63. The minimum atomic E-state index is -0.159. The van der Waals surface area contributed by atoms with E-state index in [0.717, 1.165) is 30.4 Å². The minimum absolute atomic E-state index is 0. The van der Waals surface area contributed by atoms with Gasteiger partial charge in [0.05, 0.1) is 24.1 Å². The van der Waals surface area contributed by atoms with Crippen LogP contribution in [0.1, 0.15) is 35.0 Å². The van der Waals surface area contributed by atoms with E-state index in [2.05, 4.69) is 45.3 Å². The Morgan fingerprint density at radius 1 is 1.03 bits per heavy atom. The summed E-state index contributed by atoms with van der Waals surface area (Å²) in [6.07, 6.45) is 13.2. The van der Waals surface area contributed by atoms with Crippen LogP contribution in [0.15, 0.2) is 47.9 Å². The fourth-order valence-electron chi connectivity index (χ4n) is 4.37. The maximum atomic E-state index is 12.4. The Labute approximate surface area is 205 Å². The van der Waals surface area contributed by atoms with Gasteiger partial charge in [-0.15, -0.1) is 0 Å². The largest absolute Gasteiger partial charge is 0.378 e. The van der Waals surface area contributed by atoms with Crippen molar-refractivity contribution in [2.45, 2.75) is 38.1 Å². The summed E-state index contributed by atoms with van der Waals surface area (Å²) in [5, 5.41) is 10.5. The predicted octanol–water partition coefficient (Wildman–Crippen LogP) is 3.26. The van der Waals surface area contributed by atoms with E-state index in [9.17, 15) is 4.79 Å². The lowest BCUT2D eigenvalue weighted by Crippen LogP contribution is -2.37. The molecule has 1 aliphatic carbocycles. The first kappa shape index (κ1) is 22.9. The standard InChI is InChI=1S/C14H14N6O2.C10H15N3.2H2/c21-14-10-5-9(13-16-8-17-19-13)7-15-11(10)6-12(18-14)20-1-3-22-4-2-20;1-2-5-9(6-3-1)13-10-11-7-4-8-12-10;;/h5-8H,1-4H2,(H,18,21)(H,16,17,19);4,7-9H,1-3,5-6H2,(H,11,12,13);2*1H. The van der Waals surface area contributed by atoms with Crippen molar-refractivity contribution in [2.75, 3.05) is 36.5 Å². The molecule has 11 heteroatoms. The number of fused-ring (bicyclic) bond motifs is 1. The third-order valence-electron chi connectivity index (χ3n) is 6.22. The van der Waals surface area contributed by atoms with E-state index in [4.69, 9.17) is 4.74 Å². The highest BCUT2D eigenvalue weighted by Gasteiger charge is 2.15. The van der Waals surface area contributed by atoms with Gasteiger partial charge in [0, 0.05) is 52.2 Å². The van der Waals surface area contributed by atoms with Gasteiger partial charge in [-0.3, -0.25) is 14.9 Å². The van der Waals surface area contributed by atoms with Gasteiger partial charge in [0.2, 0.25) is 5.95 Å². The highest BCUT2D eigenvalue weighted by atomic mass is 16.5. The predicted molar refractivity (Wildman–Crippen MR) is 138 cm³/mol. The van der Waals surface area contributed by atoms with E-state index in [-0.39, 0.29) is 8.41 Å². The number of aromatic nitrogens is 7. The first-order valence-corrected chi connectivity index (χ1v) is 12.0. The van der Waals surface area contributed by atoms with Crippen molar-refractivity contribution >= 4 is 22.7 Å². The van der Waals surface area contributed by atoms with Crippen LogP contribution in [0.25, 0.3) is 22.3 Å². The summed E-state index contributed by atoms with van der Waals surface area (Å²) in [6.45, 7) is 2.85. The Morgan fingerprint density at radius 3 is 2.57 bits per heavy atom. The van der Waals surface area contributed by atoms with E-state index < -0.39 is 0 Å². The Kier molecular flexibility index (Phi) is 7.23. The molecule has 0 amide bonds. The number of anilines is 2. The van der Waals surface area contributed by atoms with E-state index in [1.165, 1.54) is 38.4 Å². The molecule has 4 aromatic rings. The summed E-state index contributed by atoms with van der Waals surface area (Å²) in [6, 6.07) is 6.10. The summed E-state index contributed by atoms with van der Waals surface area (Å²) in [5.74, 6) is 2.14. The lowest BCUT2D eigenvalue weighted by atomic mass is 9.96. The van der Waals surface area contributed by atoms with Gasteiger partial charge in [-0.05, 0) is 25.0 Å². The summed E-state index contributed by atoms with van der Waals surface area (Å²) < 4.78 is 5.33. The van der Waals surface area contributed by atoms with Gasteiger partial charge in [-0.25, -0.2) is 15.0 Å². The highest BCUT2D eigenvalue weighted by molar-refractivity contribution is 5.83.